The summed E-state index contributed by atoms with van der Waals surface area (Å²) in [6.45, 7) is 0. The minimum atomic E-state index is -1.43. The zero-order valence-electron chi connectivity index (χ0n) is 12.8. The highest BCUT2D eigenvalue weighted by Crippen LogP contribution is 2.22. The molecular formula is C16H12O8S2. The zero-order chi connectivity index (χ0) is 20.0. The summed E-state index contributed by atoms with van der Waals surface area (Å²) in [5, 5.41) is 34.6. The van der Waals surface area contributed by atoms with Crippen LogP contribution in [0.2, 0.25) is 0 Å². The van der Waals surface area contributed by atoms with E-state index in [0.29, 0.717) is 0 Å². The molecule has 2 aromatic carbocycles. The van der Waals surface area contributed by atoms with Crippen LogP contribution in [0.5, 0.6) is 0 Å². The molecule has 0 aromatic heterocycles. The van der Waals surface area contributed by atoms with E-state index in [2.05, 4.69) is 25.3 Å². The zero-order valence-corrected chi connectivity index (χ0v) is 14.6. The van der Waals surface area contributed by atoms with E-state index >= 15 is 0 Å². The minimum absolute atomic E-state index is 0.273. The molecule has 10 heteroatoms. The third-order valence-corrected chi connectivity index (χ3v) is 3.71. The predicted octanol–water partition coefficient (Wildman–Crippen LogP) is 2.74. The third-order valence-electron chi connectivity index (χ3n) is 2.93. The molecule has 0 amide bonds. The Kier molecular flexibility index (Phi) is 7.23. The largest absolute Gasteiger partial charge is 0.478 e. The van der Waals surface area contributed by atoms with Crippen molar-refractivity contribution in [3.63, 3.8) is 0 Å². The van der Waals surface area contributed by atoms with Gasteiger partial charge in [-0.05, 0) is 36.4 Å². The topological polar surface area (TPSA) is 149 Å². The Morgan fingerprint density at radius 1 is 0.615 bits per heavy atom. The van der Waals surface area contributed by atoms with E-state index < -0.39 is 40.6 Å². The normalized spacial score (nSPS) is 9.62. The first-order chi connectivity index (χ1) is 12.0. The highest BCUT2D eigenvalue weighted by Gasteiger charge is 2.19. The molecule has 4 N–H and O–H groups in total. The maximum Gasteiger partial charge on any atom is 0.336 e. The van der Waals surface area contributed by atoms with Crippen LogP contribution in [0, 0.1) is 0 Å². The van der Waals surface area contributed by atoms with Crippen LogP contribution >= 0.6 is 25.3 Å². The maximum atomic E-state index is 10.7. The summed E-state index contributed by atoms with van der Waals surface area (Å²) in [4.78, 5) is 42.9. The molecule has 0 atom stereocenters. The van der Waals surface area contributed by atoms with Crippen molar-refractivity contribution in [3.05, 3.63) is 58.7 Å². The number of thiol groups is 2. The molecule has 0 radical (unpaired) electrons. The van der Waals surface area contributed by atoms with Crippen molar-refractivity contribution in [3.8, 4) is 0 Å². The van der Waals surface area contributed by atoms with E-state index in [9.17, 15) is 19.2 Å². The summed E-state index contributed by atoms with van der Waals surface area (Å²) in [6, 6.07) is 8.05. The molecule has 136 valence electrons. The van der Waals surface area contributed by atoms with Crippen LogP contribution in [0.15, 0.2) is 46.2 Å². The summed E-state index contributed by atoms with van der Waals surface area (Å²) in [6.07, 6.45) is 0. The van der Waals surface area contributed by atoms with E-state index in [1.807, 2.05) is 0 Å². The second kappa shape index (κ2) is 8.92. The highest BCUT2D eigenvalue weighted by atomic mass is 32.1. The highest BCUT2D eigenvalue weighted by molar-refractivity contribution is 7.80. The standard InChI is InChI=1S/C9H6O6S.C7H6O2S/c10-7(11)3-1-4(8(12)13)6(16)5(2-3)9(14)15;8-7(9)5-1-3-6(10)4-2-5/h1-2,16H,(H,10,11)(H,12,13)(H,14,15);1-4,10H,(H,8,9). The average Bonchev–Trinajstić information content (AvgIpc) is 2.55. The van der Waals surface area contributed by atoms with Crippen LogP contribution in [-0.2, 0) is 0 Å². The second-order valence-electron chi connectivity index (χ2n) is 4.69. The van der Waals surface area contributed by atoms with Crippen LogP contribution in [0.4, 0.5) is 0 Å². The fourth-order valence-corrected chi connectivity index (χ4v) is 2.16. The van der Waals surface area contributed by atoms with Gasteiger partial charge in [0.05, 0.1) is 22.3 Å². The van der Waals surface area contributed by atoms with Crippen LogP contribution in [0.1, 0.15) is 41.4 Å². The van der Waals surface area contributed by atoms with Crippen LogP contribution in [0.25, 0.3) is 0 Å². The van der Waals surface area contributed by atoms with Crippen molar-refractivity contribution in [2.45, 2.75) is 9.79 Å². The van der Waals surface area contributed by atoms with Gasteiger partial charge in [-0.2, -0.15) is 0 Å². The molecule has 0 unspecified atom stereocenters. The number of rotatable bonds is 4. The smallest absolute Gasteiger partial charge is 0.336 e. The molecule has 8 nitrogen and oxygen atoms in total. The summed E-state index contributed by atoms with van der Waals surface area (Å²) in [5.74, 6) is -5.18. The molecule has 0 aliphatic rings. The fourth-order valence-electron chi connectivity index (χ4n) is 1.69. The van der Waals surface area contributed by atoms with Gasteiger partial charge in [0, 0.05) is 9.79 Å². The lowest BCUT2D eigenvalue weighted by molar-refractivity contribution is 0.0676. The molecule has 26 heavy (non-hydrogen) atoms. The van der Waals surface area contributed by atoms with E-state index in [1.54, 1.807) is 12.1 Å². The second-order valence-corrected chi connectivity index (χ2v) is 5.65. The molecule has 2 rings (SSSR count). The molecule has 0 aliphatic carbocycles. The third kappa shape index (κ3) is 5.53. The molecule has 0 saturated carbocycles. The van der Waals surface area contributed by atoms with Gasteiger partial charge in [-0.3, -0.25) is 0 Å². The number of aromatic carboxylic acids is 4. The SMILES string of the molecule is O=C(O)c1cc(C(=O)O)c(S)c(C(=O)O)c1.O=C(O)c1ccc(S)cc1. The number of carboxylic acids is 4. The molecule has 0 aliphatic heterocycles. The van der Waals surface area contributed by atoms with Crippen LogP contribution in [0.3, 0.4) is 0 Å². The summed E-state index contributed by atoms with van der Waals surface area (Å²) in [5.41, 5.74) is -1.04. The molecule has 0 spiro atoms. The van der Waals surface area contributed by atoms with Gasteiger partial charge in [0.15, 0.2) is 0 Å². The van der Waals surface area contributed by atoms with Crippen molar-refractivity contribution < 1.29 is 39.6 Å². The Morgan fingerprint density at radius 3 is 1.31 bits per heavy atom. The summed E-state index contributed by atoms with van der Waals surface area (Å²) < 4.78 is 0. The van der Waals surface area contributed by atoms with E-state index in [0.717, 1.165) is 17.0 Å². The lowest BCUT2D eigenvalue weighted by Gasteiger charge is -2.05. The Balaban J connectivity index is 0.000000289. The molecule has 0 bridgehead atoms. The monoisotopic (exact) mass is 396 g/mol. The van der Waals surface area contributed by atoms with Gasteiger partial charge in [0.2, 0.25) is 0 Å². The Bertz CT molecular complexity index is 839. The number of benzene rings is 2. The van der Waals surface area contributed by atoms with Crippen molar-refractivity contribution in [2.75, 3.05) is 0 Å². The molecule has 0 heterocycles. The van der Waals surface area contributed by atoms with Gasteiger partial charge in [0.25, 0.3) is 0 Å². The number of carboxylic acid groups (broad SMARTS) is 4. The first-order valence-corrected chi connectivity index (χ1v) is 7.53. The Labute approximate surface area is 157 Å². The quantitative estimate of drug-likeness (QED) is 0.432. The fraction of sp³-hybridized carbons (Fsp3) is 0. The number of hydrogen-bond acceptors (Lipinski definition) is 6. The Hall–Kier alpha value is -2.98. The van der Waals surface area contributed by atoms with Gasteiger partial charge in [-0.1, -0.05) is 0 Å². The molecule has 0 fully saturated rings. The predicted molar refractivity (Wildman–Crippen MR) is 95.2 cm³/mol. The van der Waals surface area contributed by atoms with Crippen molar-refractivity contribution in [1.29, 1.82) is 0 Å². The van der Waals surface area contributed by atoms with Crippen molar-refractivity contribution >= 4 is 49.1 Å². The molecule has 2 aromatic rings. The summed E-state index contributed by atoms with van der Waals surface area (Å²) >= 11 is 7.76. The lowest BCUT2D eigenvalue weighted by atomic mass is 10.1. The average molecular weight is 396 g/mol. The molecular weight excluding hydrogens is 384 g/mol. The van der Waals surface area contributed by atoms with Gasteiger partial charge in [-0.25, -0.2) is 19.2 Å². The Morgan fingerprint density at radius 2 is 1.00 bits per heavy atom. The summed E-state index contributed by atoms with van der Waals surface area (Å²) in [7, 11) is 0. The van der Waals surface area contributed by atoms with Crippen molar-refractivity contribution in [1.82, 2.24) is 0 Å². The van der Waals surface area contributed by atoms with E-state index in [-0.39, 0.29) is 10.5 Å². The first kappa shape index (κ1) is 21.1. The molecule has 0 saturated heterocycles. The first-order valence-electron chi connectivity index (χ1n) is 6.63. The number of carbonyl (C=O) groups is 4. The van der Waals surface area contributed by atoms with Crippen molar-refractivity contribution in [2.24, 2.45) is 0 Å². The van der Waals surface area contributed by atoms with Gasteiger partial charge < -0.3 is 20.4 Å². The van der Waals surface area contributed by atoms with Crippen LogP contribution in [-0.4, -0.2) is 44.3 Å². The minimum Gasteiger partial charge on any atom is -0.478 e. The maximum absolute atomic E-state index is 10.7. The van der Waals surface area contributed by atoms with E-state index in [4.69, 9.17) is 20.4 Å². The van der Waals surface area contributed by atoms with Crippen LogP contribution < -0.4 is 0 Å². The lowest BCUT2D eigenvalue weighted by Crippen LogP contribution is -2.09. The van der Waals surface area contributed by atoms with Gasteiger partial charge >= 0.3 is 23.9 Å². The van der Waals surface area contributed by atoms with E-state index in [1.165, 1.54) is 12.1 Å². The van der Waals surface area contributed by atoms with Gasteiger partial charge in [-0.15, -0.1) is 25.3 Å². The van der Waals surface area contributed by atoms with Gasteiger partial charge in [0.1, 0.15) is 0 Å². The number of hydrogen-bond donors (Lipinski definition) is 6.